The molecule has 3 aliphatic rings. The van der Waals surface area contributed by atoms with Gasteiger partial charge in [0.15, 0.2) is 0 Å². The van der Waals surface area contributed by atoms with Crippen molar-refractivity contribution in [3.8, 4) is 0 Å². The van der Waals surface area contributed by atoms with Crippen LogP contribution in [0.1, 0.15) is 25.7 Å². The van der Waals surface area contributed by atoms with Crippen LogP contribution in [0.3, 0.4) is 0 Å². The number of β-amino-alcohol motifs (C(OH)–C–C–N with tert-alkyl or cyclic N) is 1. The number of aliphatic hydroxyl groups is 1. The van der Waals surface area contributed by atoms with Crippen LogP contribution in [0.2, 0.25) is 0 Å². The number of carbonyl (C=O) groups excluding carboxylic acids is 1. The Hall–Kier alpha value is -0.625. The van der Waals surface area contributed by atoms with Crippen molar-refractivity contribution in [1.29, 1.82) is 0 Å². The van der Waals surface area contributed by atoms with Crippen LogP contribution in [-0.2, 0) is 4.79 Å². The molecule has 106 valence electrons. The average Bonchev–Trinajstić information content (AvgIpc) is 3.01. The summed E-state index contributed by atoms with van der Waals surface area (Å²) in [5.41, 5.74) is 6.15. The quantitative estimate of drug-likeness (QED) is 0.448. The van der Waals surface area contributed by atoms with E-state index in [1.54, 1.807) is 0 Å². The van der Waals surface area contributed by atoms with Gasteiger partial charge >= 0.3 is 7.12 Å². The highest BCUT2D eigenvalue weighted by Crippen LogP contribution is 2.48. The van der Waals surface area contributed by atoms with Crippen molar-refractivity contribution >= 4 is 13.0 Å². The molecule has 3 fully saturated rings. The van der Waals surface area contributed by atoms with Gasteiger partial charge in [-0.25, -0.2) is 0 Å². The molecule has 6 atom stereocenters. The van der Waals surface area contributed by atoms with Gasteiger partial charge in [0.2, 0.25) is 5.91 Å². The fourth-order valence-corrected chi connectivity index (χ4v) is 4.27. The molecular formula is C12H21BN2O4. The molecule has 1 heterocycles. The zero-order valence-electron chi connectivity index (χ0n) is 10.9. The minimum Gasteiger partial charge on any atom is -0.426 e. The third-order valence-corrected chi connectivity index (χ3v) is 5.21. The van der Waals surface area contributed by atoms with Gasteiger partial charge in [-0.05, 0) is 37.5 Å². The van der Waals surface area contributed by atoms with Gasteiger partial charge in [-0.1, -0.05) is 0 Å². The maximum Gasteiger partial charge on any atom is 0.475 e. The Morgan fingerprint density at radius 3 is 2.47 bits per heavy atom. The van der Waals surface area contributed by atoms with Crippen molar-refractivity contribution in [2.45, 2.75) is 43.8 Å². The number of nitrogens with zero attached hydrogens (tertiary/aromatic N) is 1. The number of rotatable bonds is 2. The molecule has 2 aliphatic carbocycles. The molecule has 3 unspecified atom stereocenters. The van der Waals surface area contributed by atoms with Crippen molar-refractivity contribution in [2.24, 2.45) is 23.5 Å². The summed E-state index contributed by atoms with van der Waals surface area (Å²) in [5, 5.41) is 28.4. The highest BCUT2D eigenvalue weighted by atomic mass is 16.4. The summed E-state index contributed by atoms with van der Waals surface area (Å²) in [6.07, 6.45) is 2.70. The van der Waals surface area contributed by atoms with Gasteiger partial charge < -0.3 is 25.8 Å². The molecule has 5 N–H and O–H groups in total. The summed E-state index contributed by atoms with van der Waals surface area (Å²) in [7, 11) is -1.60. The van der Waals surface area contributed by atoms with E-state index >= 15 is 0 Å². The lowest BCUT2D eigenvalue weighted by atomic mass is 9.76. The van der Waals surface area contributed by atoms with Crippen LogP contribution in [0.4, 0.5) is 0 Å². The molecule has 1 aliphatic heterocycles. The maximum atomic E-state index is 12.6. The molecule has 6 nitrogen and oxygen atoms in total. The number of hydrogen-bond donors (Lipinski definition) is 4. The monoisotopic (exact) mass is 268 g/mol. The van der Waals surface area contributed by atoms with Gasteiger partial charge in [0.25, 0.3) is 0 Å². The molecular weight excluding hydrogens is 247 g/mol. The first-order valence-electron chi connectivity index (χ1n) is 7.09. The van der Waals surface area contributed by atoms with E-state index in [-0.39, 0.29) is 30.8 Å². The van der Waals surface area contributed by atoms with Crippen molar-refractivity contribution in [2.75, 3.05) is 6.54 Å². The van der Waals surface area contributed by atoms with Gasteiger partial charge in [-0.3, -0.25) is 4.79 Å². The highest BCUT2D eigenvalue weighted by Gasteiger charge is 2.52. The minimum absolute atomic E-state index is 0.102. The van der Waals surface area contributed by atoms with E-state index in [2.05, 4.69) is 0 Å². The topological polar surface area (TPSA) is 107 Å². The number of aliphatic hydroxyl groups excluding tert-OH is 1. The number of amides is 1. The molecule has 7 heteroatoms. The van der Waals surface area contributed by atoms with Crippen LogP contribution in [0.25, 0.3) is 0 Å². The standard InChI is InChI=1S/C12H21BN2O4/c14-11-7-2-1-6(3-7)10(11)12(17)15-5-8(16)4-9(15)13(18)19/h6-11,16,18-19H,1-5,14H2/t6?,7?,8-,9-,10?,11-/m0/s1. The van der Waals surface area contributed by atoms with Crippen LogP contribution in [0, 0.1) is 17.8 Å². The van der Waals surface area contributed by atoms with Crippen LogP contribution in [0.15, 0.2) is 0 Å². The Bertz CT molecular complexity index is 379. The zero-order chi connectivity index (χ0) is 13.7. The lowest BCUT2D eigenvalue weighted by Gasteiger charge is -2.33. The minimum atomic E-state index is -1.60. The van der Waals surface area contributed by atoms with Crippen LogP contribution < -0.4 is 5.73 Å². The fraction of sp³-hybridized carbons (Fsp3) is 0.917. The van der Waals surface area contributed by atoms with Crippen LogP contribution >= 0.6 is 0 Å². The van der Waals surface area contributed by atoms with Crippen LogP contribution in [-0.4, -0.2) is 57.7 Å². The Labute approximate surface area is 112 Å². The van der Waals surface area contributed by atoms with E-state index in [0.29, 0.717) is 11.8 Å². The van der Waals surface area contributed by atoms with E-state index in [4.69, 9.17) is 5.73 Å². The molecule has 19 heavy (non-hydrogen) atoms. The molecule has 2 saturated carbocycles. The average molecular weight is 268 g/mol. The van der Waals surface area contributed by atoms with Crippen molar-refractivity contribution in [3.63, 3.8) is 0 Å². The molecule has 0 aromatic rings. The number of fused-ring (bicyclic) bond motifs is 2. The number of nitrogens with two attached hydrogens (primary N) is 1. The second-order valence-corrected chi connectivity index (χ2v) is 6.30. The predicted octanol–water partition coefficient (Wildman–Crippen LogP) is -1.67. The van der Waals surface area contributed by atoms with E-state index in [1.807, 2.05) is 0 Å². The SMILES string of the molecule is N[C@H]1C2CCC(C2)C1C(=O)N1C[C@@H](O)C[C@H]1B(O)O. The second-order valence-electron chi connectivity index (χ2n) is 6.30. The summed E-state index contributed by atoms with van der Waals surface area (Å²) in [5.74, 6) is -0.237. The van der Waals surface area contributed by atoms with Crippen molar-refractivity contribution in [3.05, 3.63) is 0 Å². The Morgan fingerprint density at radius 1 is 1.21 bits per heavy atom. The predicted molar refractivity (Wildman–Crippen MR) is 68.6 cm³/mol. The Balaban J connectivity index is 1.76. The largest absolute Gasteiger partial charge is 0.475 e. The molecule has 0 radical (unpaired) electrons. The van der Waals surface area contributed by atoms with E-state index in [9.17, 15) is 19.9 Å². The van der Waals surface area contributed by atoms with E-state index in [0.717, 1.165) is 19.3 Å². The van der Waals surface area contributed by atoms with Crippen molar-refractivity contribution in [1.82, 2.24) is 4.90 Å². The van der Waals surface area contributed by atoms with Gasteiger partial charge in [0, 0.05) is 12.6 Å². The molecule has 3 rings (SSSR count). The number of hydrogen-bond acceptors (Lipinski definition) is 5. The maximum absolute atomic E-state index is 12.6. The summed E-state index contributed by atoms with van der Waals surface area (Å²) in [6.45, 7) is 0.182. The first-order valence-corrected chi connectivity index (χ1v) is 7.09. The first-order chi connectivity index (χ1) is 8.99. The summed E-state index contributed by atoms with van der Waals surface area (Å²) < 4.78 is 0. The lowest BCUT2D eigenvalue weighted by molar-refractivity contribution is -0.138. The first kappa shape index (κ1) is 13.4. The lowest BCUT2D eigenvalue weighted by Crippen LogP contribution is -2.52. The summed E-state index contributed by atoms with van der Waals surface area (Å²) >= 11 is 0. The second kappa shape index (κ2) is 4.73. The normalized spacial score (nSPS) is 44.9. The number of carbonyl (C=O) groups is 1. The Kier molecular flexibility index (Phi) is 3.33. The molecule has 0 aromatic heterocycles. The van der Waals surface area contributed by atoms with Gasteiger partial charge in [-0.15, -0.1) is 0 Å². The molecule has 2 bridgehead atoms. The van der Waals surface area contributed by atoms with E-state index < -0.39 is 19.2 Å². The summed E-state index contributed by atoms with van der Waals surface area (Å²) in [4.78, 5) is 14.1. The van der Waals surface area contributed by atoms with E-state index in [1.165, 1.54) is 4.90 Å². The highest BCUT2D eigenvalue weighted by molar-refractivity contribution is 6.43. The Morgan fingerprint density at radius 2 is 1.89 bits per heavy atom. The van der Waals surface area contributed by atoms with Gasteiger partial charge in [-0.2, -0.15) is 0 Å². The summed E-state index contributed by atoms with van der Waals surface area (Å²) in [6, 6.07) is -0.111. The van der Waals surface area contributed by atoms with Crippen molar-refractivity contribution < 1.29 is 19.9 Å². The third kappa shape index (κ3) is 2.09. The van der Waals surface area contributed by atoms with Crippen LogP contribution in [0.5, 0.6) is 0 Å². The molecule has 1 saturated heterocycles. The number of likely N-dealkylation sites (tertiary alicyclic amines) is 1. The third-order valence-electron chi connectivity index (χ3n) is 5.21. The zero-order valence-corrected chi connectivity index (χ0v) is 10.9. The van der Waals surface area contributed by atoms with Gasteiger partial charge in [0.1, 0.15) is 0 Å². The van der Waals surface area contributed by atoms with Gasteiger partial charge in [0.05, 0.1) is 18.0 Å². The smallest absolute Gasteiger partial charge is 0.426 e. The fourth-order valence-electron chi connectivity index (χ4n) is 4.27. The molecule has 1 amide bonds. The molecule has 0 aromatic carbocycles. The molecule has 0 spiro atoms.